The Balaban J connectivity index is 2.20. The van der Waals surface area contributed by atoms with E-state index in [4.69, 9.17) is 0 Å². The highest BCUT2D eigenvalue weighted by atomic mass is 16.3. The first-order valence-electron chi connectivity index (χ1n) is 8.42. The van der Waals surface area contributed by atoms with Crippen molar-refractivity contribution in [2.24, 2.45) is 0 Å². The van der Waals surface area contributed by atoms with Gasteiger partial charge in [-0.05, 0) is 12.5 Å². The van der Waals surface area contributed by atoms with Crippen molar-refractivity contribution >= 4 is 11.6 Å². The maximum atomic E-state index is 12.9. The molecule has 0 unspecified atom stereocenters. The molecule has 0 saturated heterocycles. The molecule has 0 aliphatic heterocycles. The van der Waals surface area contributed by atoms with Gasteiger partial charge in [-0.1, -0.05) is 66.7 Å². The molecule has 0 bridgehead atoms. The van der Waals surface area contributed by atoms with Crippen molar-refractivity contribution in [1.29, 1.82) is 0 Å². The lowest BCUT2D eigenvalue weighted by molar-refractivity contribution is 0.103. The number of ketones is 2. The second kappa shape index (κ2) is 7.70. The van der Waals surface area contributed by atoms with E-state index in [1.54, 1.807) is 60.7 Å². The van der Waals surface area contributed by atoms with Crippen molar-refractivity contribution in [3.05, 3.63) is 107 Å². The fourth-order valence-corrected chi connectivity index (χ4v) is 2.89. The van der Waals surface area contributed by atoms with Gasteiger partial charge in [0.2, 0.25) is 0 Å². The van der Waals surface area contributed by atoms with Crippen LogP contribution in [0.1, 0.15) is 37.4 Å². The second-order valence-corrected chi connectivity index (χ2v) is 6.03. The van der Waals surface area contributed by atoms with Gasteiger partial charge in [0.05, 0.1) is 11.1 Å². The van der Waals surface area contributed by atoms with Gasteiger partial charge >= 0.3 is 0 Å². The molecule has 3 aromatic carbocycles. The highest BCUT2D eigenvalue weighted by Gasteiger charge is 2.25. The number of aromatic hydroxyl groups is 2. The SMILES string of the molecule is C=CCc1c(O)c(C(=O)c2ccccc2)cc(C(=O)c2ccccc2)c1O. The fourth-order valence-electron chi connectivity index (χ4n) is 2.89. The first kappa shape index (κ1) is 18.1. The molecule has 0 radical (unpaired) electrons. The molecular formula is C23H18O4. The molecular weight excluding hydrogens is 340 g/mol. The van der Waals surface area contributed by atoms with E-state index in [-0.39, 0.29) is 34.6 Å². The van der Waals surface area contributed by atoms with Gasteiger partial charge in [-0.3, -0.25) is 9.59 Å². The summed E-state index contributed by atoms with van der Waals surface area (Å²) in [4.78, 5) is 25.7. The van der Waals surface area contributed by atoms with Crippen LogP contribution in [0.2, 0.25) is 0 Å². The third-order valence-electron chi connectivity index (χ3n) is 4.28. The Morgan fingerprint density at radius 1 is 0.778 bits per heavy atom. The number of phenols is 2. The zero-order valence-corrected chi connectivity index (χ0v) is 14.6. The van der Waals surface area contributed by atoms with E-state index in [1.165, 1.54) is 12.1 Å². The van der Waals surface area contributed by atoms with Crippen LogP contribution < -0.4 is 0 Å². The minimum atomic E-state index is -0.430. The van der Waals surface area contributed by atoms with Crippen molar-refractivity contribution in [3.63, 3.8) is 0 Å². The summed E-state index contributed by atoms with van der Waals surface area (Å²) >= 11 is 0. The molecule has 134 valence electrons. The number of rotatable bonds is 6. The van der Waals surface area contributed by atoms with Gasteiger partial charge in [-0.15, -0.1) is 6.58 Å². The molecule has 3 aromatic rings. The maximum Gasteiger partial charge on any atom is 0.196 e. The van der Waals surface area contributed by atoms with Gasteiger partial charge in [-0.25, -0.2) is 0 Å². The Labute approximate surface area is 157 Å². The molecule has 0 spiro atoms. The molecule has 0 aliphatic carbocycles. The van der Waals surface area contributed by atoms with Crippen LogP contribution >= 0.6 is 0 Å². The average Bonchev–Trinajstić information content (AvgIpc) is 2.71. The lowest BCUT2D eigenvalue weighted by Gasteiger charge is -2.14. The van der Waals surface area contributed by atoms with Gasteiger partial charge in [-0.2, -0.15) is 0 Å². The molecule has 0 aromatic heterocycles. The Kier molecular flexibility index (Phi) is 5.18. The van der Waals surface area contributed by atoms with Crippen LogP contribution in [0.25, 0.3) is 0 Å². The van der Waals surface area contributed by atoms with Crippen LogP contribution in [0.4, 0.5) is 0 Å². The molecule has 0 atom stereocenters. The van der Waals surface area contributed by atoms with Gasteiger partial charge in [0, 0.05) is 16.7 Å². The summed E-state index contributed by atoms with van der Waals surface area (Å²) in [5.74, 6) is -1.54. The molecule has 0 amide bonds. The normalized spacial score (nSPS) is 10.4. The van der Waals surface area contributed by atoms with Crippen LogP contribution in [0.15, 0.2) is 79.4 Å². The summed E-state index contributed by atoms with van der Waals surface area (Å²) in [5, 5.41) is 21.1. The predicted molar refractivity (Wildman–Crippen MR) is 103 cm³/mol. The topological polar surface area (TPSA) is 74.6 Å². The Hall–Kier alpha value is -3.66. The molecule has 0 heterocycles. The molecule has 4 heteroatoms. The number of carbonyl (C=O) groups excluding carboxylic acids is 2. The first-order chi connectivity index (χ1) is 13.0. The quantitative estimate of drug-likeness (QED) is 0.509. The van der Waals surface area contributed by atoms with E-state index in [1.807, 2.05) is 0 Å². The number of hydrogen-bond donors (Lipinski definition) is 2. The van der Waals surface area contributed by atoms with Gasteiger partial charge in [0.15, 0.2) is 11.6 Å². The summed E-state index contributed by atoms with van der Waals surface area (Å²) in [7, 11) is 0. The van der Waals surface area contributed by atoms with Crippen molar-refractivity contribution in [2.75, 3.05) is 0 Å². The summed E-state index contributed by atoms with van der Waals surface area (Å²) < 4.78 is 0. The van der Waals surface area contributed by atoms with Crippen molar-refractivity contribution < 1.29 is 19.8 Å². The highest BCUT2D eigenvalue weighted by Crippen LogP contribution is 2.37. The summed E-state index contributed by atoms with van der Waals surface area (Å²) in [5.41, 5.74) is 0.790. The standard InChI is InChI=1S/C23H18O4/c1-2-9-17-22(26)18(20(24)15-10-5-3-6-11-15)14-19(23(17)27)21(25)16-12-7-4-8-13-16/h2-8,10-14,26-27H,1,9H2. The zero-order chi connectivity index (χ0) is 19.4. The van der Waals surface area contributed by atoms with E-state index >= 15 is 0 Å². The molecule has 2 N–H and O–H groups in total. The van der Waals surface area contributed by atoms with E-state index < -0.39 is 11.6 Å². The lowest BCUT2D eigenvalue weighted by Crippen LogP contribution is -2.09. The largest absolute Gasteiger partial charge is 0.507 e. The molecule has 0 fully saturated rings. The monoisotopic (exact) mass is 358 g/mol. The smallest absolute Gasteiger partial charge is 0.196 e. The van der Waals surface area contributed by atoms with Crippen LogP contribution in [-0.2, 0) is 6.42 Å². The minimum Gasteiger partial charge on any atom is -0.507 e. The van der Waals surface area contributed by atoms with Crippen LogP contribution in [-0.4, -0.2) is 21.8 Å². The zero-order valence-electron chi connectivity index (χ0n) is 14.6. The summed E-state index contributed by atoms with van der Waals surface area (Å²) in [6.07, 6.45) is 1.60. The third-order valence-corrected chi connectivity index (χ3v) is 4.28. The second-order valence-electron chi connectivity index (χ2n) is 6.03. The highest BCUT2D eigenvalue weighted by molar-refractivity contribution is 6.16. The van der Waals surface area contributed by atoms with Gasteiger partial charge in [0.1, 0.15) is 11.5 Å². The van der Waals surface area contributed by atoms with Crippen molar-refractivity contribution in [1.82, 2.24) is 0 Å². The van der Waals surface area contributed by atoms with Crippen molar-refractivity contribution in [3.8, 4) is 11.5 Å². The van der Waals surface area contributed by atoms with Gasteiger partial charge in [0.25, 0.3) is 0 Å². The molecule has 3 rings (SSSR count). The molecule has 4 nitrogen and oxygen atoms in total. The Morgan fingerprint density at radius 2 is 1.19 bits per heavy atom. The summed E-state index contributed by atoms with van der Waals surface area (Å²) in [6.45, 7) is 3.61. The average molecular weight is 358 g/mol. The van der Waals surface area contributed by atoms with Crippen LogP contribution in [0.5, 0.6) is 11.5 Å². The first-order valence-corrected chi connectivity index (χ1v) is 8.42. The van der Waals surface area contributed by atoms with E-state index in [9.17, 15) is 19.8 Å². The number of phenolic OH excluding ortho intramolecular Hbond substituents is 2. The number of hydrogen-bond acceptors (Lipinski definition) is 4. The molecule has 0 saturated carbocycles. The predicted octanol–water partition coefficient (Wildman–Crippen LogP) is 4.29. The molecule has 0 aliphatic rings. The number of carbonyl (C=O) groups is 2. The van der Waals surface area contributed by atoms with Crippen LogP contribution in [0, 0.1) is 0 Å². The van der Waals surface area contributed by atoms with E-state index in [0.717, 1.165) is 0 Å². The Bertz CT molecular complexity index is 930. The summed E-state index contributed by atoms with van der Waals surface area (Å²) in [6, 6.07) is 18.2. The third kappa shape index (κ3) is 3.51. The lowest BCUT2D eigenvalue weighted by atomic mass is 9.91. The molecule has 27 heavy (non-hydrogen) atoms. The van der Waals surface area contributed by atoms with Crippen molar-refractivity contribution in [2.45, 2.75) is 6.42 Å². The maximum absolute atomic E-state index is 12.9. The number of allylic oxidation sites excluding steroid dienone is 1. The van der Waals surface area contributed by atoms with E-state index in [0.29, 0.717) is 11.1 Å². The minimum absolute atomic E-state index is 0.0323. The van der Waals surface area contributed by atoms with Crippen LogP contribution in [0.3, 0.4) is 0 Å². The Morgan fingerprint density at radius 3 is 1.56 bits per heavy atom. The fraction of sp³-hybridized carbons (Fsp3) is 0.0435. The van der Waals surface area contributed by atoms with E-state index in [2.05, 4.69) is 6.58 Å². The number of benzene rings is 3. The van der Waals surface area contributed by atoms with Gasteiger partial charge < -0.3 is 10.2 Å².